The van der Waals surface area contributed by atoms with Crippen molar-refractivity contribution in [3.63, 3.8) is 0 Å². The van der Waals surface area contributed by atoms with E-state index >= 15 is 0 Å². The predicted octanol–water partition coefficient (Wildman–Crippen LogP) is 4.84. The Kier molecular flexibility index (Phi) is 4.85. The van der Waals surface area contributed by atoms with Gasteiger partial charge in [-0.25, -0.2) is 0 Å². The quantitative estimate of drug-likeness (QED) is 0.601. The number of fused-ring (bicyclic) bond motifs is 1. The van der Waals surface area contributed by atoms with E-state index in [1.54, 1.807) is 14.2 Å². The summed E-state index contributed by atoms with van der Waals surface area (Å²) < 4.78 is 17.0. The van der Waals surface area contributed by atoms with Gasteiger partial charge in [0.1, 0.15) is 11.5 Å². The van der Waals surface area contributed by atoms with Gasteiger partial charge >= 0.3 is 0 Å². The average molecular weight is 372 g/mol. The van der Waals surface area contributed by atoms with Crippen molar-refractivity contribution in [3.8, 4) is 17.2 Å². The molecule has 0 fully saturated rings. The van der Waals surface area contributed by atoms with Gasteiger partial charge in [-0.3, -0.25) is 4.79 Å². The summed E-state index contributed by atoms with van der Waals surface area (Å²) >= 11 is 0. The Hall–Kier alpha value is -3.53. The van der Waals surface area contributed by atoms with Gasteiger partial charge < -0.3 is 14.2 Å². The smallest absolute Gasteiger partial charge is 0.161 e. The van der Waals surface area contributed by atoms with Crippen LogP contribution in [0.2, 0.25) is 0 Å². The summed E-state index contributed by atoms with van der Waals surface area (Å²) in [6.07, 6.45) is 0.889. The van der Waals surface area contributed by atoms with Crippen molar-refractivity contribution >= 4 is 12.0 Å². The maximum atomic E-state index is 12.2. The second-order valence-electron chi connectivity index (χ2n) is 6.46. The van der Waals surface area contributed by atoms with E-state index in [4.69, 9.17) is 14.2 Å². The number of ether oxygens (including phenoxy) is 3. The Bertz CT molecular complexity index is 1040. The summed E-state index contributed by atoms with van der Waals surface area (Å²) in [5, 5.41) is 0. The molecule has 1 aliphatic rings. The van der Waals surface area contributed by atoms with Gasteiger partial charge in [0.2, 0.25) is 0 Å². The molecule has 0 aromatic heterocycles. The van der Waals surface area contributed by atoms with E-state index in [2.05, 4.69) is 0 Å². The number of aldehydes is 1. The fraction of sp³-hybridized carbons (Fsp3) is 0.125. The molecule has 0 amide bonds. The molecule has 0 saturated heterocycles. The van der Waals surface area contributed by atoms with Crippen LogP contribution in [0.3, 0.4) is 0 Å². The third kappa shape index (κ3) is 3.03. The van der Waals surface area contributed by atoms with E-state index < -0.39 is 0 Å². The number of carbonyl (C=O) groups is 1. The molecule has 0 aliphatic carbocycles. The third-order valence-corrected chi connectivity index (χ3v) is 4.92. The molecule has 0 bridgehead atoms. The van der Waals surface area contributed by atoms with Crippen molar-refractivity contribution in [1.29, 1.82) is 0 Å². The van der Waals surface area contributed by atoms with Crippen LogP contribution in [0.25, 0.3) is 5.76 Å². The van der Waals surface area contributed by atoms with E-state index in [1.165, 1.54) is 0 Å². The maximum Gasteiger partial charge on any atom is 0.161 e. The highest BCUT2D eigenvalue weighted by Gasteiger charge is 2.31. The molecule has 140 valence electrons. The second-order valence-corrected chi connectivity index (χ2v) is 6.46. The Morgan fingerprint density at radius 3 is 2.29 bits per heavy atom. The standard InChI is InChI=1S/C24H20O4/c1-26-21-13-12-17(14-22(21)27-2)24-19(15-25)23(16-8-4-3-5-9-16)18-10-6-7-11-20(18)28-24/h3-15,23H,1-2H3. The zero-order valence-corrected chi connectivity index (χ0v) is 15.7. The molecular weight excluding hydrogens is 352 g/mol. The van der Waals surface area contributed by atoms with Gasteiger partial charge in [0.25, 0.3) is 0 Å². The highest BCUT2D eigenvalue weighted by atomic mass is 16.5. The van der Waals surface area contributed by atoms with Crippen molar-refractivity contribution < 1.29 is 19.0 Å². The van der Waals surface area contributed by atoms with Gasteiger partial charge in [0, 0.05) is 22.6 Å². The topological polar surface area (TPSA) is 44.8 Å². The van der Waals surface area contributed by atoms with Crippen molar-refractivity contribution in [1.82, 2.24) is 0 Å². The lowest BCUT2D eigenvalue weighted by atomic mass is 9.82. The van der Waals surface area contributed by atoms with Crippen molar-refractivity contribution in [3.05, 3.63) is 95.1 Å². The second kappa shape index (κ2) is 7.61. The summed E-state index contributed by atoms with van der Waals surface area (Å²) in [7, 11) is 3.17. The van der Waals surface area contributed by atoms with Crippen LogP contribution < -0.4 is 14.2 Å². The van der Waals surface area contributed by atoms with E-state index in [-0.39, 0.29) is 5.92 Å². The minimum absolute atomic E-state index is 0.202. The molecule has 1 atom stereocenters. The number of methoxy groups -OCH3 is 2. The normalized spacial score (nSPS) is 15.4. The molecule has 28 heavy (non-hydrogen) atoms. The lowest BCUT2D eigenvalue weighted by molar-refractivity contribution is -0.105. The monoisotopic (exact) mass is 372 g/mol. The summed E-state index contributed by atoms with van der Waals surface area (Å²) in [5.41, 5.74) is 3.35. The van der Waals surface area contributed by atoms with Crippen molar-refractivity contribution in [2.75, 3.05) is 14.2 Å². The molecule has 0 radical (unpaired) electrons. The summed E-state index contributed by atoms with van der Waals surface area (Å²) in [6.45, 7) is 0. The van der Waals surface area contributed by atoms with Crippen LogP contribution in [-0.4, -0.2) is 20.5 Å². The highest BCUT2D eigenvalue weighted by Crippen LogP contribution is 2.45. The number of allylic oxidation sites excluding steroid dienone is 1. The van der Waals surface area contributed by atoms with E-state index in [9.17, 15) is 4.79 Å². The first-order chi connectivity index (χ1) is 13.8. The summed E-state index contributed by atoms with van der Waals surface area (Å²) in [4.78, 5) is 12.2. The largest absolute Gasteiger partial charge is 0.493 e. The van der Waals surface area contributed by atoms with Gasteiger partial charge in [-0.15, -0.1) is 0 Å². The first-order valence-electron chi connectivity index (χ1n) is 9.00. The van der Waals surface area contributed by atoms with Crippen LogP contribution in [0.1, 0.15) is 22.6 Å². The van der Waals surface area contributed by atoms with Crippen LogP contribution in [0.4, 0.5) is 0 Å². The Balaban J connectivity index is 1.93. The number of hydrogen-bond acceptors (Lipinski definition) is 4. The Morgan fingerprint density at radius 1 is 0.857 bits per heavy atom. The van der Waals surface area contributed by atoms with E-state index in [0.717, 1.165) is 28.7 Å². The first kappa shape index (κ1) is 17.9. The molecule has 1 aliphatic heterocycles. The average Bonchev–Trinajstić information content (AvgIpc) is 2.77. The van der Waals surface area contributed by atoms with Gasteiger partial charge in [0.15, 0.2) is 17.8 Å². The summed E-state index contributed by atoms with van der Waals surface area (Å²) in [6, 6.07) is 23.3. The maximum absolute atomic E-state index is 12.2. The van der Waals surface area contributed by atoms with Gasteiger partial charge in [0.05, 0.1) is 14.2 Å². The molecule has 0 spiro atoms. The Morgan fingerprint density at radius 2 is 1.57 bits per heavy atom. The zero-order valence-electron chi connectivity index (χ0n) is 15.7. The minimum Gasteiger partial charge on any atom is -0.493 e. The predicted molar refractivity (Wildman–Crippen MR) is 108 cm³/mol. The van der Waals surface area contributed by atoms with E-state index in [1.807, 2.05) is 72.8 Å². The fourth-order valence-electron chi connectivity index (χ4n) is 3.61. The number of benzene rings is 3. The fourth-order valence-corrected chi connectivity index (χ4v) is 3.61. The number of rotatable bonds is 5. The first-order valence-corrected chi connectivity index (χ1v) is 9.00. The number of carbonyl (C=O) groups excluding carboxylic acids is 1. The molecule has 4 rings (SSSR count). The van der Waals surface area contributed by atoms with Crippen molar-refractivity contribution in [2.45, 2.75) is 5.92 Å². The lowest BCUT2D eigenvalue weighted by Crippen LogP contribution is -2.17. The molecule has 3 aromatic carbocycles. The van der Waals surface area contributed by atoms with Crippen LogP contribution >= 0.6 is 0 Å². The van der Waals surface area contributed by atoms with Gasteiger partial charge in [-0.05, 0) is 29.8 Å². The van der Waals surface area contributed by atoms with Crippen LogP contribution in [0.5, 0.6) is 17.2 Å². The molecule has 4 nitrogen and oxygen atoms in total. The van der Waals surface area contributed by atoms with Crippen LogP contribution in [0, 0.1) is 0 Å². The number of hydrogen-bond donors (Lipinski definition) is 0. The van der Waals surface area contributed by atoms with Crippen molar-refractivity contribution in [2.24, 2.45) is 0 Å². The minimum atomic E-state index is -0.202. The molecule has 4 heteroatoms. The molecule has 1 unspecified atom stereocenters. The van der Waals surface area contributed by atoms with E-state index in [0.29, 0.717) is 22.8 Å². The molecule has 0 N–H and O–H groups in total. The lowest BCUT2D eigenvalue weighted by Gasteiger charge is -2.29. The van der Waals surface area contributed by atoms with Gasteiger partial charge in [-0.2, -0.15) is 0 Å². The Labute approximate surface area is 164 Å². The molecular formula is C24H20O4. The number of para-hydroxylation sites is 1. The molecule has 3 aromatic rings. The van der Waals surface area contributed by atoms with Crippen LogP contribution in [-0.2, 0) is 4.79 Å². The molecule has 1 heterocycles. The zero-order chi connectivity index (χ0) is 19.5. The highest BCUT2D eigenvalue weighted by molar-refractivity contribution is 5.91. The SMILES string of the molecule is COc1ccc(C2=C(C=O)C(c3ccccc3)c3ccccc3O2)cc1OC. The third-order valence-electron chi connectivity index (χ3n) is 4.92. The molecule has 0 saturated carbocycles. The summed E-state index contributed by atoms with van der Waals surface area (Å²) in [5.74, 6) is 2.27. The van der Waals surface area contributed by atoms with Gasteiger partial charge in [-0.1, -0.05) is 48.5 Å². The van der Waals surface area contributed by atoms with Crippen LogP contribution in [0.15, 0.2) is 78.4 Å².